The molecule has 1 aliphatic rings. The Morgan fingerprint density at radius 3 is 2.58 bits per heavy atom. The summed E-state index contributed by atoms with van der Waals surface area (Å²) < 4.78 is 35.0. The third kappa shape index (κ3) is 3.92. The van der Waals surface area contributed by atoms with Gasteiger partial charge in [-0.15, -0.1) is 0 Å². The van der Waals surface area contributed by atoms with Gasteiger partial charge in [-0.1, -0.05) is 6.42 Å². The van der Waals surface area contributed by atoms with Crippen LogP contribution in [0.15, 0.2) is 0 Å². The van der Waals surface area contributed by atoms with E-state index in [0.29, 0.717) is 0 Å². The van der Waals surface area contributed by atoms with E-state index in [9.17, 15) is 13.2 Å². The Labute approximate surface area is 69.5 Å². The molecule has 1 aliphatic heterocycles. The van der Waals surface area contributed by atoms with Crippen LogP contribution in [0.3, 0.4) is 0 Å². The molecule has 1 saturated heterocycles. The Morgan fingerprint density at radius 1 is 1.33 bits per heavy atom. The summed E-state index contributed by atoms with van der Waals surface area (Å²) in [7, 11) is 0. The fourth-order valence-electron chi connectivity index (χ4n) is 1.34. The predicted molar refractivity (Wildman–Crippen MR) is 39.7 cm³/mol. The molecular weight excluding hydrogens is 169 g/mol. The number of rotatable bonds is 2. The number of nitrogens with one attached hydrogen (secondary N) is 2. The maximum Gasteiger partial charge on any atom is 0.457 e. The lowest BCUT2D eigenvalue weighted by Gasteiger charge is -2.24. The van der Waals surface area contributed by atoms with E-state index in [-0.39, 0.29) is 12.6 Å². The van der Waals surface area contributed by atoms with Gasteiger partial charge in [0.05, 0.1) is 0 Å². The van der Waals surface area contributed by atoms with Gasteiger partial charge in [0.15, 0.2) is 0 Å². The van der Waals surface area contributed by atoms with E-state index in [1.165, 1.54) is 5.32 Å². The van der Waals surface area contributed by atoms with Crippen LogP contribution in [0.2, 0.25) is 0 Å². The third-order valence-corrected chi connectivity index (χ3v) is 1.96. The lowest BCUT2D eigenvalue weighted by atomic mass is 10.1. The normalized spacial score (nSPS) is 25.8. The molecule has 0 aromatic rings. The molecule has 1 heterocycles. The molecule has 0 bridgehead atoms. The molecule has 1 atom stereocenters. The molecule has 0 aromatic heterocycles. The minimum atomic E-state index is -4.24. The Kier molecular flexibility index (Phi) is 3.34. The van der Waals surface area contributed by atoms with Crippen LogP contribution in [0.4, 0.5) is 13.2 Å². The molecule has 1 rings (SSSR count). The number of hydrogen-bond donors (Lipinski definition) is 2. The zero-order chi connectivity index (χ0) is 9.03. The molecule has 2 N–H and O–H groups in total. The minimum Gasteiger partial charge on any atom is -0.313 e. The summed E-state index contributed by atoms with van der Waals surface area (Å²) in [5, 5.41) is 4.56. The van der Waals surface area contributed by atoms with Crippen molar-refractivity contribution < 1.29 is 13.2 Å². The molecule has 72 valence electrons. The smallest absolute Gasteiger partial charge is 0.313 e. The second kappa shape index (κ2) is 4.09. The van der Waals surface area contributed by atoms with E-state index in [2.05, 4.69) is 5.32 Å². The quantitative estimate of drug-likeness (QED) is 0.628. The van der Waals surface area contributed by atoms with Gasteiger partial charge in [0.1, 0.15) is 0 Å². The van der Waals surface area contributed by atoms with Crippen LogP contribution < -0.4 is 10.6 Å². The second-order valence-corrected chi connectivity index (χ2v) is 3.03. The van der Waals surface area contributed by atoms with Gasteiger partial charge in [-0.2, -0.15) is 13.2 Å². The first-order valence-corrected chi connectivity index (χ1v) is 4.13. The summed E-state index contributed by atoms with van der Waals surface area (Å²) in [5.74, 6) is 0. The van der Waals surface area contributed by atoms with Crippen molar-refractivity contribution >= 4 is 0 Å². The van der Waals surface area contributed by atoms with Gasteiger partial charge >= 0.3 is 6.30 Å². The van der Waals surface area contributed by atoms with Gasteiger partial charge in [0.25, 0.3) is 0 Å². The SMILES string of the molecule is FC(F)(F)NC[C@@H]1CCCCN1. The fourth-order valence-corrected chi connectivity index (χ4v) is 1.34. The first kappa shape index (κ1) is 9.80. The lowest BCUT2D eigenvalue weighted by molar-refractivity contribution is -0.157. The zero-order valence-electron chi connectivity index (χ0n) is 6.75. The van der Waals surface area contributed by atoms with E-state index in [4.69, 9.17) is 0 Å². The van der Waals surface area contributed by atoms with Crippen LogP contribution in [-0.2, 0) is 0 Å². The van der Waals surface area contributed by atoms with E-state index in [1.54, 1.807) is 0 Å². The highest BCUT2D eigenvalue weighted by Crippen LogP contribution is 2.11. The number of halogens is 3. The highest BCUT2D eigenvalue weighted by Gasteiger charge is 2.27. The standard InChI is InChI=1S/C7H13F3N2/c8-7(9,10)12-5-6-3-1-2-4-11-6/h6,11-12H,1-5H2/t6-/m0/s1. The van der Waals surface area contributed by atoms with Crippen LogP contribution in [0.1, 0.15) is 19.3 Å². The first-order valence-electron chi connectivity index (χ1n) is 4.13. The Morgan fingerprint density at radius 2 is 2.08 bits per heavy atom. The number of piperidine rings is 1. The monoisotopic (exact) mass is 182 g/mol. The molecule has 0 radical (unpaired) electrons. The van der Waals surface area contributed by atoms with Crippen molar-refractivity contribution in [1.29, 1.82) is 0 Å². The minimum absolute atomic E-state index is 0.0104. The highest BCUT2D eigenvalue weighted by molar-refractivity contribution is 4.74. The molecule has 5 heteroatoms. The van der Waals surface area contributed by atoms with E-state index in [1.807, 2.05) is 0 Å². The lowest BCUT2D eigenvalue weighted by Crippen LogP contribution is -2.45. The molecule has 0 unspecified atom stereocenters. The predicted octanol–water partition coefficient (Wildman–Crippen LogP) is 1.24. The third-order valence-electron chi connectivity index (χ3n) is 1.96. The molecular formula is C7H13F3N2. The van der Waals surface area contributed by atoms with Crippen molar-refractivity contribution in [2.45, 2.75) is 31.6 Å². The van der Waals surface area contributed by atoms with Crippen LogP contribution in [0.25, 0.3) is 0 Å². The summed E-state index contributed by atoms with van der Waals surface area (Å²) in [4.78, 5) is 0. The largest absolute Gasteiger partial charge is 0.457 e. The molecule has 2 nitrogen and oxygen atoms in total. The Balaban J connectivity index is 2.13. The topological polar surface area (TPSA) is 24.1 Å². The van der Waals surface area contributed by atoms with Crippen molar-refractivity contribution in [3.8, 4) is 0 Å². The first-order chi connectivity index (χ1) is 5.58. The van der Waals surface area contributed by atoms with Crippen molar-refractivity contribution in [1.82, 2.24) is 10.6 Å². The summed E-state index contributed by atoms with van der Waals surface area (Å²) in [6, 6.07) is -0.0135. The van der Waals surface area contributed by atoms with E-state index < -0.39 is 6.30 Å². The van der Waals surface area contributed by atoms with Gasteiger partial charge < -0.3 is 5.32 Å². The van der Waals surface area contributed by atoms with Crippen molar-refractivity contribution in [2.24, 2.45) is 0 Å². The average molecular weight is 182 g/mol. The summed E-state index contributed by atoms with van der Waals surface area (Å²) in [6.45, 7) is 0.827. The second-order valence-electron chi connectivity index (χ2n) is 3.03. The molecule has 0 spiro atoms. The zero-order valence-corrected chi connectivity index (χ0v) is 6.75. The van der Waals surface area contributed by atoms with Gasteiger partial charge in [-0.3, -0.25) is 0 Å². The Bertz CT molecular complexity index is 129. The van der Waals surface area contributed by atoms with Gasteiger partial charge in [-0.25, -0.2) is 5.32 Å². The maximum absolute atomic E-state index is 11.7. The maximum atomic E-state index is 11.7. The molecule has 1 fully saturated rings. The number of alkyl halides is 3. The van der Waals surface area contributed by atoms with Crippen molar-refractivity contribution in [2.75, 3.05) is 13.1 Å². The highest BCUT2D eigenvalue weighted by atomic mass is 19.4. The van der Waals surface area contributed by atoms with Crippen molar-refractivity contribution in [3.63, 3.8) is 0 Å². The summed E-state index contributed by atoms with van der Waals surface area (Å²) in [6.07, 6.45) is -1.30. The summed E-state index contributed by atoms with van der Waals surface area (Å²) in [5.41, 5.74) is 0. The Hall–Kier alpha value is -0.290. The van der Waals surface area contributed by atoms with E-state index >= 15 is 0 Å². The average Bonchev–Trinajstić information content (AvgIpc) is 2.02. The molecule has 0 aromatic carbocycles. The molecule has 12 heavy (non-hydrogen) atoms. The van der Waals surface area contributed by atoms with Gasteiger partial charge in [-0.05, 0) is 19.4 Å². The van der Waals surface area contributed by atoms with Gasteiger partial charge in [0, 0.05) is 12.6 Å². The fraction of sp³-hybridized carbons (Fsp3) is 1.00. The van der Waals surface area contributed by atoms with Crippen LogP contribution in [-0.4, -0.2) is 25.4 Å². The molecule has 0 aliphatic carbocycles. The van der Waals surface area contributed by atoms with Crippen molar-refractivity contribution in [3.05, 3.63) is 0 Å². The molecule has 0 saturated carbocycles. The van der Waals surface area contributed by atoms with E-state index in [0.717, 1.165) is 25.8 Å². The van der Waals surface area contributed by atoms with Gasteiger partial charge in [0.2, 0.25) is 0 Å². The van der Waals surface area contributed by atoms with Crippen LogP contribution in [0.5, 0.6) is 0 Å². The summed E-state index contributed by atoms with van der Waals surface area (Å²) >= 11 is 0. The number of hydrogen-bond acceptors (Lipinski definition) is 2. The van der Waals surface area contributed by atoms with Crippen LogP contribution in [0, 0.1) is 0 Å². The molecule has 0 amide bonds. The van der Waals surface area contributed by atoms with Crippen LogP contribution >= 0.6 is 0 Å².